The van der Waals surface area contributed by atoms with Gasteiger partial charge in [-0.25, -0.2) is 0 Å². The van der Waals surface area contributed by atoms with Gasteiger partial charge in [0.15, 0.2) is 4.60 Å². The number of hydrogen-bond donors (Lipinski definition) is 1. The SMILES string of the molecule is CCC(O)c1nn(C)nc1Br. The molecular weight excluding hydrogens is 210 g/mol. The van der Waals surface area contributed by atoms with E-state index >= 15 is 0 Å². The molecule has 5 heteroatoms. The molecule has 4 nitrogen and oxygen atoms in total. The van der Waals surface area contributed by atoms with Gasteiger partial charge in [-0.1, -0.05) is 6.92 Å². The van der Waals surface area contributed by atoms with Gasteiger partial charge < -0.3 is 5.11 Å². The van der Waals surface area contributed by atoms with E-state index in [1.54, 1.807) is 7.05 Å². The molecule has 0 aromatic carbocycles. The molecule has 0 aliphatic carbocycles. The lowest BCUT2D eigenvalue weighted by Gasteiger charge is -2.01. The quantitative estimate of drug-likeness (QED) is 0.809. The first-order valence-corrected chi connectivity index (χ1v) is 4.19. The molecule has 1 aromatic heterocycles. The number of hydrogen-bond acceptors (Lipinski definition) is 3. The molecule has 1 heterocycles. The van der Waals surface area contributed by atoms with E-state index in [0.717, 1.165) is 0 Å². The van der Waals surface area contributed by atoms with Crippen molar-refractivity contribution >= 4 is 15.9 Å². The van der Waals surface area contributed by atoms with E-state index in [0.29, 0.717) is 16.7 Å². The summed E-state index contributed by atoms with van der Waals surface area (Å²) in [6, 6.07) is 0. The summed E-state index contributed by atoms with van der Waals surface area (Å²) in [7, 11) is 1.72. The third-order valence-electron chi connectivity index (χ3n) is 1.40. The molecule has 0 fully saturated rings. The average Bonchev–Trinajstić information content (AvgIpc) is 2.28. The number of aryl methyl sites for hydroxylation is 1. The van der Waals surface area contributed by atoms with Crippen molar-refractivity contribution in [3.05, 3.63) is 10.3 Å². The third kappa shape index (κ3) is 1.78. The summed E-state index contributed by atoms with van der Waals surface area (Å²) < 4.78 is 0.620. The average molecular weight is 220 g/mol. The standard InChI is InChI=1S/C6H10BrN3O/c1-3-4(11)5-6(7)9-10(2)8-5/h4,11H,3H2,1-2H3. The van der Waals surface area contributed by atoms with E-state index in [1.165, 1.54) is 4.80 Å². The Labute approximate surface area is 73.3 Å². The Morgan fingerprint density at radius 1 is 1.64 bits per heavy atom. The largest absolute Gasteiger partial charge is 0.387 e. The van der Waals surface area contributed by atoms with Crippen molar-refractivity contribution in [2.45, 2.75) is 19.4 Å². The van der Waals surface area contributed by atoms with E-state index in [2.05, 4.69) is 26.1 Å². The Morgan fingerprint density at radius 2 is 2.27 bits per heavy atom. The number of rotatable bonds is 2. The van der Waals surface area contributed by atoms with Crippen molar-refractivity contribution in [2.75, 3.05) is 0 Å². The second kappa shape index (κ2) is 3.32. The topological polar surface area (TPSA) is 50.9 Å². The molecule has 1 rings (SSSR count). The first-order chi connectivity index (χ1) is 5.15. The van der Waals surface area contributed by atoms with Crippen LogP contribution in [0.2, 0.25) is 0 Å². The Kier molecular flexibility index (Phi) is 2.62. The van der Waals surface area contributed by atoms with Gasteiger partial charge >= 0.3 is 0 Å². The van der Waals surface area contributed by atoms with Crippen LogP contribution in [-0.4, -0.2) is 20.1 Å². The number of aliphatic hydroxyl groups is 1. The van der Waals surface area contributed by atoms with E-state index < -0.39 is 6.10 Å². The molecular formula is C6H10BrN3O. The number of nitrogens with zero attached hydrogens (tertiary/aromatic N) is 3. The fourth-order valence-corrected chi connectivity index (χ4v) is 1.37. The monoisotopic (exact) mass is 219 g/mol. The van der Waals surface area contributed by atoms with Crippen molar-refractivity contribution in [1.82, 2.24) is 15.0 Å². The Hall–Kier alpha value is -0.420. The maximum Gasteiger partial charge on any atom is 0.154 e. The number of halogens is 1. The van der Waals surface area contributed by atoms with E-state index in [-0.39, 0.29) is 0 Å². The lowest BCUT2D eigenvalue weighted by atomic mass is 10.2. The molecule has 62 valence electrons. The second-order valence-electron chi connectivity index (χ2n) is 2.29. The van der Waals surface area contributed by atoms with Gasteiger partial charge in [0.05, 0.1) is 0 Å². The van der Waals surface area contributed by atoms with Crippen LogP contribution in [0.5, 0.6) is 0 Å². The van der Waals surface area contributed by atoms with Crippen molar-refractivity contribution in [2.24, 2.45) is 7.05 Å². The first kappa shape index (κ1) is 8.67. The van der Waals surface area contributed by atoms with Gasteiger partial charge in [0.2, 0.25) is 0 Å². The highest BCUT2D eigenvalue weighted by atomic mass is 79.9. The maximum absolute atomic E-state index is 9.38. The Morgan fingerprint density at radius 3 is 2.64 bits per heavy atom. The first-order valence-electron chi connectivity index (χ1n) is 3.40. The molecule has 0 spiro atoms. The van der Waals surface area contributed by atoms with Crippen molar-refractivity contribution in [3.8, 4) is 0 Å². The van der Waals surface area contributed by atoms with Gasteiger partial charge in [-0.2, -0.15) is 9.90 Å². The number of aliphatic hydroxyl groups excluding tert-OH is 1. The smallest absolute Gasteiger partial charge is 0.154 e. The molecule has 1 N–H and O–H groups in total. The van der Waals surface area contributed by atoms with Crippen LogP contribution in [0.1, 0.15) is 25.1 Å². The van der Waals surface area contributed by atoms with Crippen molar-refractivity contribution in [3.63, 3.8) is 0 Å². The summed E-state index contributed by atoms with van der Waals surface area (Å²) in [5, 5.41) is 17.3. The van der Waals surface area contributed by atoms with Crippen molar-refractivity contribution < 1.29 is 5.11 Å². The lowest BCUT2D eigenvalue weighted by molar-refractivity contribution is 0.167. The summed E-state index contributed by atoms with van der Waals surface area (Å²) in [6.45, 7) is 1.89. The summed E-state index contributed by atoms with van der Waals surface area (Å²) in [5.41, 5.74) is 0.606. The fraction of sp³-hybridized carbons (Fsp3) is 0.667. The molecule has 1 atom stereocenters. The lowest BCUT2D eigenvalue weighted by Crippen LogP contribution is -1.98. The van der Waals surface area contributed by atoms with Crippen molar-refractivity contribution in [1.29, 1.82) is 0 Å². The zero-order valence-corrected chi connectivity index (χ0v) is 8.04. The van der Waals surface area contributed by atoms with Crippen LogP contribution in [0.25, 0.3) is 0 Å². The Balaban J connectivity index is 2.93. The van der Waals surface area contributed by atoms with Crippen LogP contribution in [0.4, 0.5) is 0 Å². The molecule has 1 aromatic rings. The summed E-state index contributed by atoms with van der Waals surface area (Å²) in [4.78, 5) is 1.43. The van der Waals surface area contributed by atoms with Crippen LogP contribution in [0, 0.1) is 0 Å². The van der Waals surface area contributed by atoms with E-state index in [4.69, 9.17) is 0 Å². The highest BCUT2D eigenvalue weighted by Gasteiger charge is 2.13. The zero-order chi connectivity index (χ0) is 8.43. The molecule has 0 bridgehead atoms. The maximum atomic E-state index is 9.38. The van der Waals surface area contributed by atoms with Gasteiger partial charge in [-0.05, 0) is 22.4 Å². The van der Waals surface area contributed by atoms with Gasteiger partial charge in [-0.15, -0.1) is 5.10 Å². The van der Waals surface area contributed by atoms with E-state index in [1.807, 2.05) is 6.92 Å². The highest BCUT2D eigenvalue weighted by molar-refractivity contribution is 9.10. The van der Waals surface area contributed by atoms with Gasteiger partial charge in [0, 0.05) is 7.05 Å². The second-order valence-corrected chi connectivity index (χ2v) is 3.04. The van der Waals surface area contributed by atoms with Crippen LogP contribution >= 0.6 is 15.9 Å². The van der Waals surface area contributed by atoms with Crippen LogP contribution < -0.4 is 0 Å². The molecule has 11 heavy (non-hydrogen) atoms. The summed E-state index contributed by atoms with van der Waals surface area (Å²) in [5.74, 6) is 0. The summed E-state index contributed by atoms with van der Waals surface area (Å²) in [6.07, 6.45) is 0.134. The van der Waals surface area contributed by atoms with E-state index in [9.17, 15) is 5.11 Å². The van der Waals surface area contributed by atoms with Gasteiger partial charge in [0.25, 0.3) is 0 Å². The van der Waals surface area contributed by atoms with Gasteiger partial charge in [-0.3, -0.25) is 0 Å². The predicted molar refractivity (Wildman–Crippen MR) is 44.0 cm³/mol. The molecule has 0 amide bonds. The third-order valence-corrected chi connectivity index (χ3v) is 1.96. The minimum absolute atomic E-state index is 0.516. The predicted octanol–water partition coefficient (Wildman–Crippen LogP) is 1.02. The zero-order valence-electron chi connectivity index (χ0n) is 6.45. The number of aromatic nitrogens is 3. The van der Waals surface area contributed by atoms with Crippen LogP contribution in [-0.2, 0) is 7.05 Å². The Bertz CT molecular complexity index is 248. The minimum atomic E-state index is -0.516. The van der Waals surface area contributed by atoms with Crippen LogP contribution in [0.3, 0.4) is 0 Å². The molecule has 0 saturated carbocycles. The normalized spacial score (nSPS) is 13.5. The highest BCUT2D eigenvalue weighted by Crippen LogP contribution is 2.20. The molecule has 1 unspecified atom stereocenters. The molecule has 0 aliphatic heterocycles. The fourth-order valence-electron chi connectivity index (χ4n) is 0.795. The van der Waals surface area contributed by atoms with Gasteiger partial charge in [0.1, 0.15) is 11.8 Å². The summed E-state index contributed by atoms with van der Waals surface area (Å²) >= 11 is 3.20. The minimum Gasteiger partial charge on any atom is -0.387 e. The molecule has 0 saturated heterocycles. The van der Waals surface area contributed by atoms with Crippen LogP contribution in [0.15, 0.2) is 4.60 Å². The molecule has 0 aliphatic rings. The molecule has 0 radical (unpaired) electrons.